The maximum absolute atomic E-state index is 12.4. The third kappa shape index (κ3) is 6.82. The quantitative estimate of drug-likeness (QED) is 0.336. The van der Waals surface area contributed by atoms with Crippen molar-refractivity contribution in [1.29, 1.82) is 0 Å². The summed E-state index contributed by atoms with van der Waals surface area (Å²) in [5.74, 6) is 0.503. The number of para-hydroxylation sites is 1. The van der Waals surface area contributed by atoms with Crippen molar-refractivity contribution in [3.05, 3.63) is 83.4 Å². The van der Waals surface area contributed by atoms with E-state index in [0.717, 1.165) is 16.8 Å². The third-order valence-electron chi connectivity index (χ3n) is 4.76. The molecule has 8 nitrogen and oxygen atoms in total. The molecule has 0 spiro atoms. The van der Waals surface area contributed by atoms with Crippen LogP contribution in [0.1, 0.15) is 23.6 Å². The largest absolute Gasteiger partial charge is 0.490 e. The van der Waals surface area contributed by atoms with Crippen molar-refractivity contribution in [2.75, 3.05) is 18.5 Å². The second-order valence-corrected chi connectivity index (χ2v) is 9.12. The van der Waals surface area contributed by atoms with Crippen LogP contribution in [0.3, 0.4) is 0 Å². The predicted molar refractivity (Wildman–Crippen MR) is 132 cm³/mol. The number of anilines is 1. The number of carbonyl (C=O) groups is 1. The van der Waals surface area contributed by atoms with E-state index in [1.165, 1.54) is 18.3 Å². The summed E-state index contributed by atoms with van der Waals surface area (Å²) < 4.78 is 36.0. The van der Waals surface area contributed by atoms with Gasteiger partial charge in [-0.2, -0.15) is 13.5 Å². The molecular formula is C25H27N3O5S. The molecule has 3 aromatic carbocycles. The normalized spacial score (nSPS) is 11.3. The van der Waals surface area contributed by atoms with Crippen LogP contribution in [-0.2, 0) is 14.8 Å². The first-order valence-corrected chi connectivity index (χ1v) is 12.1. The predicted octanol–water partition coefficient (Wildman–Crippen LogP) is 4.03. The SMILES string of the molecule is CCOc1cc(/C=N\NS(=O)(=O)c2ccc(C)cc2)ccc1OCC(=O)Nc1ccccc1C. The van der Waals surface area contributed by atoms with Crippen molar-refractivity contribution in [1.82, 2.24) is 4.83 Å². The van der Waals surface area contributed by atoms with Crippen LogP contribution in [0.2, 0.25) is 0 Å². The van der Waals surface area contributed by atoms with Gasteiger partial charge in [0.05, 0.1) is 17.7 Å². The molecule has 0 bridgehead atoms. The number of hydrazone groups is 1. The van der Waals surface area contributed by atoms with E-state index in [9.17, 15) is 13.2 Å². The fourth-order valence-electron chi connectivity index (χ4n) is 2.98. The van der Waals surface area contributed by atoms with E-state index in [-0.39, 0.29) is 17.4 Å². The lowest BCUT2D eigenvalue weighted by atomic mass is 10.2. The Bertz CT molecular complexity index is 1270. The average Bonchev–Trinajstić information content (AvgIpc) is 2.80. The van der Waals surface area contributed by atoms with E-state index in [4.69, 9.17) is 9.47 Å². The molecule has 0 unspecified atom stereocenters. The number of hydrogen-bond acceptors (Lipinski definition) is 6. The lowest BCUT2D eigenvalue weighted by Crippen LogP contribution is -2.20. The minimum absolute atomic E-state index is 0.123. The topological polar surface area (TPSA) is 106 Å². The molecule has 178 valence electrons. The molecule has 0 aromatic heterocycles. The Hall–Kier alpha value is -3.85. The van der Waals surface area contributed by atoms with Crippen molar-refractivity contribution in [3.8, 4) is 11.5 Å². The van der Waals surface area contributed by atoms with E-state index >= 15 is 0 Å². The zero-order valence-electron chi connectivity index (χ0n) is 19.2. The number of ether oxygens (including phenoxy) is 2. The molecule has 2 N–H and O–H groups in total. The van der Waals surface area contributed by atoms with Gasteiger partial charge in [-0.3, -0.25) is 4.79 Å². The number of sulfonamides is 1. The van der Waals surface area contributed by atoms with Crippen molar-refractivity contribution in [2.24, 2.45) is 5.10 Å². The minimum Gasteiger partial charge on any atom is -0.490 e. The van der Waals surface area contributed by atoms with Crippen LogP contribution in [0.15, 0.2) is 76.7 Å². The van der Waals surface area contributed by atoms with Gasteiger partial charge in [-0.25, -0.2) is 4.83 Å². The third-order valence-corrected chi connectivity index (χ3v) is 6.00. The Morgan fingerprint density at radius 1 is 0.971 bits per heavy atom. The van der Waals surface area contributed by atoms with Gasteiger partial charge in [-0.05, 0) is 68.3 Å². The first kappa shape index (κ1) is 24.8. The molecule has 0 heterocycles. The highest BCUT2D eigenvalue weighted by atomic mass is 32.2. The molecule has 3 aromatic rings. The minimum atomic E-state index is -3.77. The highest BCUT2D eigenvalue weighted by Crippen LogP contribution is 2.28. The second-order valence-electron chi connectivity index (χ2n) is 7.46. The van der Waals surface area contributed by atoms with Gasteiger partial charge in [0.1, 0.15) is 0 Å². The zero-order valence-corrected chi connectivity index (χ0v) is 20.1. The number of hydrogen-bond donors (Lipinski definition) is 2. The number of nitrogens with one attached hydrogen (secondary N) is 2. The number of nitrogens with zero attached hydrogens (tertiary/aromatic N) is 1. The van der Waals surface area contributed by atoms with Crippen LogP contribution in [-0.4, -0.2) is 33.8 Å². The van der Waals surface area contributed by atoms with Gasteiger partial charge in [-0.15, -0.1) is 0 Å². The molecule has 0 aliphatic rings. The van der Waals surface area contributed by atoms with E-state index in [1.807, 2.05) is 45.0 Å². The highest BCUT2D eigenvalue weighted by Gasteiger charge is 2.13. The highest BCUT2D eigenvalue weighted by molar-refractivity contribution is 7.89. The van der Waals surface area contributed by atoms with Gasteiger partial charge in [0.25, 0.3) is 15.9 Å². The van der Waals surface area contributed by atoms with Gasteiger partial charge in [-0.1, -0.05) is 35.9 Å². The van der Waals surface area contributed by atoms with E-state index in [2.05, 4.69) is 15.2 Å². The first-order valence-electron chi connectivity index (χ1n) is 10.6. The maximum atomic E-state index is 12.4. The van der Waals surface area contributed by atoms with E-state index < -0.39 is 10.0 Å². The smallest absolute Gasteiger partial charge is 0.276 e. The van der Waals surface area contributed by atoms with Crippen molar-refractivity contribution in [3.63, 3.8) is 0 Å². The summed E-state index contributed by atoms with van der Waals surface area (Å²) in [6, 6.07) is 18.9. The molecule has 34 heavy (non-hydrogen) atoms. The maximum Gasteiger partial charge on any atom is 0.276 e. The average molecular weight is 482 g/mol. The first-order chi connectivity index (χ1) is 16.3. The van der Waals surface area contributed by atoms with Gasteiger partial charge in [0, 0.05) is 5.69 Å². The molecule has 0 fully saturated rings. The summed E-state index contributed by atoms with van der Waals surface area (Å²) in [6.07, 6.45) is 1.36. The number of aryl methyl sites for hydroxylation is 2. The lowest BCUT2D eigenvalue weighted by molar-refractivity contribution is -0.118. The Labute approximate surface area is 199 Å². The summed E-state index contributed by atoms with van der Waals surface area (Å²) in [5.41, 5.74) is 3.22. The fourth-order valence-corrected chi connectivity index (χ4v) is 3.77. The molecule has 3 rings (SSSR count). The summed E-state index contributed by atoms with van der Waals surface area (Å²) in [4.78, 5) is 14.6. The van der Waals surface area contributed by atoms with Crippen LogP contribution < -0.4 is 19.6 Å². The summed E-state index contributed by atoms with van der Waals surface area (Å²) in [6.45, 7) is 5.79. The van der Waals surface area contributed by atoms with E-state index in [0.29, 0.717) is 23.7 Å². The molecule has 0 saturated carbocycles. The lowest BCUT2D eigenvalue weighted by Gasteiger charge is -2.13. The fraction of sp³-hybridized carbons (Fsp3) is 0.200. The van der Waals surface area contributed by atoms with Crippen LogP contribution in [0.25, 0.3) is 0 Å². The van der Waals surface area contributed by atoms with Crippen molar-refractivity contribution >= 4 is 27.8 Å². The molecule has 9 heteroatoms. The number of rotatable bonds is 10. The molecular weight excluding hydrogens is 454 g/mol. The van der Waals surface area contributed by atoms with Gasteiger partial charge in [0.15, 0.2) is 18.1 Å². The summed E-state index contributed by atoms with van der Waals surface area (Å²) >= 11 is 0. The van der Waals surface area contributed by atoms with Crippen LogP contribution in [0, 0.1) is 13.8 Å². The number of benzene rings is 3. The van der Waals surface area contributed by atoms with Gasteiger partial charge in [0.2, 0.25) is 0 Å². The van der Waals surface area contributed by atoms with Crippen molar-refractivity contribution in [2.45, 2.75) is 25.7 Å². The van der Waals surface area contributed by atoms with Crippen LogP contribution in [0.5, 0.6) is 11.5 Å². The van der Waals surface area contributed by atoms with Crippen molar-refractivity contribution < 1.29 is 22.7 Å². The summed E-state index contributed by atoms with van der Waals surface area (Å²) in [7, 11) is -3.77. The Morgan fingerprint density at radius 3 is 2.41 bits per heavy atom. The van der Waals surface area contributed by atoms with Crippen LogP contribution in [0.4, 0.5) is 5.69 Å². The molecule has 1 amide bonds. The van der Waals surface area contributed by atoms with Gasteiger partial charge < -0.3 is 14.8 Å². The number of carbonyl (C=O) groups excluding carboxylic acids is 1. The Morgan fingerprint density at radius 2 is 1.71 bits per heavy atom. The zero-order chi connectivity index (χ0) is 24.6. The van der Waals surface area contributed by atoms with E-state index in [1.54, 1.807) is 30.3 Å². The molecule has 0 saturated heterocycles. The van der Waals surface area contributed by atoms with Gasteiger partial charge >= 0.3 is 0 Å². The second kappa shape index (κ2) is 11.3. The molecule has 0 aliphatic heterocycles. The summed E-state index contributed by atoms with van der Waals surface area (Å²) in [5, 5.41) is 6.66. The standard InChI is InChI=1S/C25H27N3O5S/c1-4-32-24-15-20(16-26-28-34(30,31)21-12-9-18(2)10-13-21)11-14-23(24)33-17-25(29)27-22-8-6-5-7-19(22)3/h5-16,28H,4,17H2,1-3H3,(H,27,29)/b26-16-. The Balaban J connectivity index is 1.64. The monoisotopic (exact) mass is 481 g/mol. The number of amides is 1. The van der Waals surface area contributed by atoms with Crippen LogP contribution >= 0.6 is 0 Å². The Kier molecular flexibility index (Phi) is 8.26. The molecule has 0 atom stereocenters. The molecule has 0 radical (unpaired) electrons. The molecule has 0 aliphatic carbocycles.